The minimum Gasteiger partial charge on any atom is -0.481 e. The Kier molecular flexibility index (Phi) is 5.94. The number of amides is 1. The van der Waals surface area contributed by atoms with Crippen LogP contribution in [-0.2, 0) is 9.53 Å². The number of ether oxygens (including phenoxy) is 1. The second kappa shape index (κ2) is 7.22. The molecule has 0 radical (unpaired) electrons. The third-order valence-corrected chi connectivity index (χ3v) is 2.65. The second-order valence-electron chi connectivity index (χ2n) is 3.54. The topological polar surface area (TPSA) is 101 Å². The van der Waals surface area contributed by atoms with E-state index < -0.39 is 18.0 Å². The first-order chi connectivity index (χ1) is 8.93. The lowest BCUT2D eigenvalue weighted by molar-refractivity contribution is -0.139. The van der Waals surface area contributed by atoms with E-state index in [9.17, 15) is 9.59 Å². The van der Waals surface area contributed by atoms with E-state index in [2.05, 4.69) is 15.5 Å². The maximum absolute atomic E-state index is 11.8. The molecule has 1 unspecified atom stereocenters. The Hall–Kier alpha value is -1.44. The van der Waals surface area contributed by atoms with Gasteiger partial charge in [-0.2, -0.15) is 0 Å². The number of aromatic nitrogens is 2. The highest BCUT2D eigenvalue weighted by Crippen LogP contribution is 2.15. The summed E-state index contributed by atoms with van der Waals surface area (Å²) >= 11 is 11.3. The van der Waals surface area contributed by atoms with Gasteiger partial charge < -0.3 is 15.2 Å². The summed E-state index contributed by atoms with van der Waals surface area (Å²) in [5.74, 6) is -1.55. The summed E-state index contributed by atoms with van der Waals surface area (Å²) in [5.41, 5.74) is 0.0619. The van der Waals surface area contributed by atoms with Crippen LogP contribution in [0.15, 0.2) is 6.07 Å². The quantitative estimate of drug-likeness (QED) is 0.813. The van der Waals surface area contributed by atoms with Gasteiger partial charge >= 0.3 is 5.97 Å². The predicted molar refractivity (Wildman–Crippen MR) is 67.4 cm³/mol. The monoisotopic (exact) mass is 307 g/mol. The molecule has 1 heterocycles. The SMILES string of the molecule is COC(CNC(=O)c1cc(Cl)nnc1Cl)CC(=O)O. The third kappa shape index (κ3) is 4.98. The number of methoxy groups -OCH3 is 1. The molecule has 7 nitrogen and oxygen atoms in total. The van der Waals surface area contributed by atoms with Crippen molar-refractivity contribution in [2.24, 2.45) is 0 Å². The van der Waals surface area contributed by atoms with Crippen LogP contribution in [0.4, 0.5) is 0 Å². The molecule has 1 aromatic rings. The van der Waals surface area contributed by atoms with Crippen molar-refractivity contribution in [3.8, 4) is 0 Å². The van der Waals surface area contributed by atoms with Gasteiger partial charge in [-0.1, -0.05) is 23.2 Å². The molecular weight excluding hydrogens is 297 g/mol. The van der Waals surface area contributed by atoms with Crippen LogP contribution in [0.1, 0.15) is 16.8 Å². The summed E-state index contributed by atoms with van der Waals surface area (Å²) < 4.78 is 4.92. The molecule has 0 fully saturated rings. The smallest absolute Gasteiger partial charge is 0.306 e. The van der Waals surface area contributed by atoms with E-state index in [0.717, 1.165) is 0 Å². The minimum absolute atomic E-state index is 0.0257. The molecule has 0 saturated heterocycles. The Balaban J connectivity index is 2.64. The summed E-state index contributed by atoms with van der Waals surface area (Å²) in [6.07, 6.45) is -0.856. The van der Waals surface area contributed by atoms with E-state index in [0.29, 0.717) is 0 Å². The van der Waals surface area contributed by atoms with Crippen LogP contribution < -0.4 is 5.32 Å². The molecule has 0 aliphatic carbocycles. The van der Waals surface area contributed by atoms with Crippen molar-refractivity contribution in [1.82, 2.24) is 15.5 Å². The molecule has 0 aliphatic rings. The summed E-state index contributed by atoms with van der Waals surface area (Å²) in [7, 11) is 1.36. The Morgan fingerprint density at radius 1 is 1.47 bits per heavy atom. The first-order valence-electron chi connectivity index (χ1n) is 5.15. The fourth-order valence-corrected chi connectivity index (χ4v) is 1.57. The molecule has 0 bridgehead atoms. The maximum atomic E-state index is 11.8. The Morgan fingerprint density at radius 3 is 2.74 bits per heavy atom. The van der Waals surface area contributed by atoms with E-state index in [-0.39, 0.29) is 28.8 Å². The molecule has 1 rings (SSSR count). The fraction of sp³-hybridized carbons (Fsp3) is 0.400. The van der Waals surface area contributed by atoms with E-state index in [4.69, 9.17) is 33.0 Å². The zero-order valence-electron chi connectivity index (χ0n) is 9.89. The zero-order valence-corrected chi connectivity index (χ0v) is 11.4. The summed E-state index contributed by atoms with van der Waals surface area (Å²) in [6, 6.07) is 1.27. The lowest BCUT2D eigenvalue weighted by atomic mass is 10.2. The highest BCUT2D eigenvalue weighted by molar-refractivity contribution is 6.34. The first-order valence-corrected chi connectivity index (χ1v) is 5.91. The van der Waals surface area contributed by atoms with Gasteiger partial charge in [0.2, 0.25) is 0 Å². The van der Waals surface area contributed by atoms with Crippen molar-refractivity contribution < 1.29 is 19.4 Å². The molecular formula is C10H11Cl2N3O4. The van der Waals surface area contributed by atoms with Gasteiger partial charge in [0.05, 0.1) is 18.1 Å². The van der Waals surface area contributed by atoms with Gasteiger partial charge in [0, 0.05) is 13.7 Å². The maximum Gasteiger partial charge on any atom is 0.306 e. The number of aliphatic carboxylic acids is 1. The van der Waals surface area contributed by atoms with E-state index in [1.54, 1.807) is 0 Å². The standard InChI is InChI=1S/C10H11Cl2N3O4/c1-19-5(2-8(16)17)4-13-10(18)6-3-7(11)14-15-9(6)12/h3,5H,2,4H2,1H3,(H,13,18)(H,16,17). The van der Waals surface area contributed by atoms with Crippen LogP contribution in [0.3, 0.4) is 0 Å². The molecule has 2 N–H and O–H groups in total. The third-order valence-electron chi connectivity index (χ3n) is 2.19. The van der Waals surface area contributed by atoms with Crippen LogP contribution in [0.2, 0.25) is 10.3 Å². The zero-order chi connectivity index (χ0) is 14.4. The van der Waals surface area contributed by atoms with E-state index >= 15 is 0 Å². The average Bonchev–Trinajstić information content (AvgIpc) is 2.36. The largest absolute Gasteiger partial charge is 0.481 e. The number of carbonyl (C=O) groups is 2. The van der Waals surface area contributed by atoms with Gasteiger partial charge in [-0.05, 0) is 6.07 Å². The number of carboxylic acid groups (broad SMARTS) is 1. The normalized spacial score (nSPS) is 11.9. The number of carbonyl (C=O) groups excluding carboxylic acids is 1. The molecule has 0 aromatic carbocycles. The fourth-order valence-electron chi connectivity index (χ4n) is 1.25. The lowest BCUT2D eigenvalue weighted by Crippen LogP contribution is -2.34. The number of nitrogens with one attached hydrogen (secondary N) is 1. The minimum atomic E-state index is -1.02. The van der Waals surface area contributed by atoms with Crippen molar-refractivity contribution in [3.63, 3.8) is 0 Å². The number of nitrogens with zero attached hydrogens (tertiary/aromatic N) is 2. The molecule has 19 heavy (non-hydrogen) atoms. The van der Waals surface area contributed by atoms with E-state index in [1.807, 2.05) is 0 Å². The van der Waals surface area contributed by atoms with Crippen molar-refractivity contribution in [2.75, 3.05) is 13.7 Å². The Bertz CT molecular complexity index is 484. The van der Waals surface area contributed by atoms with Crippen LogP contribution in [0.5, 0.6) is 0 Å². The van der Waals surface area contributed by atoms with Crippen LogP contribution in [0, 0.1) is 0 Å². The highest BCUT2D eigenvalue weighted by Gasteiger charge is 2.17. The van der Waals surface area contributed by atoms with E-state index in [1.165, 1.54) is 13.2 Å². The average molecular weight is 308 g/mol. The molecule has 0 aliphatic heterocycles. The van der Waals surface area contributed by atoms with Gasteiger partial charge in [-0.15, -0.1) is 10.2 Å². The number of rotatable bonds is 6. The lowest BCUT2D eigenvalue weighted by Gasteiger charge is -2.14. The highest BCUT2D eigenvalue weighted by atomic mass is 35.5. The van der Waals surface area contributed by atoms with Crippen LogP contribution in [-0.4, -0.2) is 46.9 Å². The van der Waals surface area contributed by atoms with Crippen molar-refractivity contribution >= 4 is 35.1 Å². The summed E-state index contributed by atoms with van der Waals surface area (Å²) in [4.78, 5) is 22.3. The Morgan fingerprint density at radius 2 is 2.16 bits per heavy atom. The first kappa shape index (κ1) is 15.6. The molecule has 0 saturated carbocycles. The number of hydrogen-bond donors (Lipinski definition) is 2. The number of carboxylic acids is 1. The summed E-state index contributed by atoms with van der Waals surface area (Å²) in [6.45, 7) is 0.0257. The van der Waals surface area contributed by atoms with Crippen molar-refractivity contribution in [2.45, 2.75) is 12.5 Å². The molecule has 1 amide bonds. The Labute approximate surface area is 118 Å². The molecule has 1 atom stereocenters. The van der Waals surface area contributed by atoms with Crippen LogP contribution in [0.25, 0.3) is 0 Å². The number of halogens is 2. The van der Waals surface area contributed by atoms with Crippen LogP contribution >= 0.6 is 23.2 Å². The van der Waals surface area contributed by atoms with Gasteiger partial charge in [0.1, 0.15) is 0 Å². The van der Waals surface area contributed by atoms with Gasteiger partial charge in [0.25, 0.3) is 5.91 Å². The number of hydrogen-bond acceptors (Lipinski definition) is 5. The van der Waals surface area contributed by atoms with Gasteiger partial charge in [-0.3, -0.25) is 9.59 Å². The second-order valence-corrected chi connectivity index (χ2v) is 4.28. The summed E-state index contributed by atoms with van der Waals surface area (Å²) in [5, 5.41) is 18.0. The van der Waals surface area contributed by atoms with Gasteiger partial charge in [0.15, 0.2) is 10.3 Å². The molecule has 9 heteroatoms. The molecule has 104 valence electrons. The van der Waals surface area contributed by atoms with Gasteiger partial charge in [-0.25, -0.2) is 0 Å². The van der Waals surface area contributed by atoms with Crippen molar-refractivity contribution in [1.29, 1.82) is 0 Å². The molecule has 1 aromatic heterocycles. The van der Waals surface area contributed by atoms with Crippen molar-refractivity contribution in [3.05, 3.63) is 21.9 Å². The molecule has 0 spiro atoms. The predicted octanol–water partition coefficient (Wildman–Crippen LogP) is 1.00.